The number of benzene rings is 1. The molecule has 2 N–H and O–H groups in total. The molecule has 30 heavy (non-hydrogen) atoms. The Labute approximate surface area is 177 Å². The summed E-state index contributed by atoms with van der Waals surface area (Å²) in [5.41, 5.74) is 4.05. The molecule has 8 nitrogen and oxygen atoms in total. The zero-order valence-corrected chi connectivity index (χ0v) is 18.7. The second-order valence-electron chi connectivity index (χ2n) is 8.28. The van der Waals surface area contributed by atoms with Crippen molar-refractivity contribution < 1.29 is 4.52 Å². The minimum atomic E-state index is -0.170. The molecule has 2 aromatic heterocycles. The van der Waals surface area contributed by atoms with Crippen LogP contribution in [0.2, 0.25) is 0 Å². The fourth-order valence-corrected chi connectivity index (χ4v) is 3.02. The number of hydrogen-bond donors (Lipinski definition) is 2. The predicted octanol–water partition coefficient (Wildman–Crippen LogP) is 3.42. The predicted molar refractivity (Wildman–Crippen MR) is 118 cm³/mol. The van der Waals surface area contributed by atoms with Crippen molar-refractivity contribution in [2.75, 3.05) is 6.54 Å². The summed E-state index contributed by atoms with van der Waals surface area (Å²) in [4.78, 5) is 9.21. The molecular weight excluding hydrogens is 378 g/mol. The second-order valence-corrected chi connectivity index (χ2v) is 8.28. The summed E-state index contributed by atoms with van der Waals surface area (Å²) in [7, 11) is 0. The molecule has 0 unspecified atom stereocenters. The molecule has 0 aliphatic heterocycles. The van der Waals surface area contributed by atoms with E-state index in [1.807, 2.05) is 51.4 Å². The molecule has 2 heterocycles. The van der Waals surface area contributed by atoms with Gasteiger partial charge in [0.1, 0.15) is 0 Å². The Balaban J connectivity index is 1.74. The summed E-state index contributed by atoms with van der Waals surface area (Å²) in [6, 6.07) is 10.3. The van der Waals surface area contributed by atoms with Gasteiger partial charge in [-0.2, -0.15) is 10.1 Å². The molecule has 0 radical (unpaired) electrons. The molecular formula is C22H31N7O. The van der Waals surface area contributed by atoms with Crippen molar-refractivity contribution in [1.82, 2.24) is 30.6 Å². The number of aryl methyl sites for hydroxylation is 2. The number of nitrogens with one attached hydrogen (secondary N) is 2. The zero-order chi connectivity index (χ0) is 21.7. The lowest BCUT2D eigenvalue weighted by atomic mass is 9.97. The van der Waals surface area contributed by atoms with Crippen molar-refractivity contribution in [3.8, 4) is 5.69 Å². The normalized spacial score (nSPS) is 12.3. The Bertz CT molecular complexity index is 1010. The highest BCUT2D eigenvalue weighted by molar-refractivity contribution is 5.79. The van der Waals surface area contributed by atoms with Gasteiger partial charge < -0.3 is 15.2 Å². The standard InChI is InChI=1S/C22H31N7O/c1-7-23-21(25-14-19-26-20(30-28-19)22(4,5)6)24-13-17-10-8-9-11-18(17)29-16(3)12-15(2)27-29/h8-12H,7,13-14H2,1-6H3,(H2,23,24,25). The zero-order valence-electron chi connectivity index (χ0n) is 18.7. The van der Waals surface area contributed by atoms with E-state index < -0.39 is 0 Å². The number of aromatic nitrogens is 4. The molecule has 0 aliphatic carbocycles. The first kappa shape index (κ1) is 21.5. The van der Waals surface area contributed by atoms with E-state index in [0.717, 1.165) is 29.2 Å². The topological polar surface area (TPSA) is 93.2 Å². The molecule has 0 saturated heterocycles. The molecule has 0 aliphatic rings. The Morgan fingerprint density at radius 2 is 1.93 bits per heavy atom. The van der Waals surface area contributed by atoms with Crippen LogP contribution in [0.25, 0.3) is 5.69 Å². The summed E-state index contributed by atoms with van der Waals surface area (Å²) in [6.45, 7) is 13.9. The van der Waals surface area contributed by atoms with Crippen LogP contribution in [0.5, 0.6) is 0 Å². The Kier molecular flexibility index (Phi) is 6.54. The van der Waals surface area contributed by atoms with Crippen LogP contribution in [-0.2, 0) is 18.5 Å². The minimum Gasteiger partial charge on any atom is -0.357 e. The third kappa shape index (κ3) is 5.25. The molecule has 0 saturated carbocycles. The maximum Gasteiger partial charge on any atom is 0.232 e. The van der Waals surface area contributed by atoms with Gasteiger partial charge in [-0.15, -0.1) is 0 Å². The summed E-state index contributed by atoms with van der Waals surface area (Å²) in [6.07, 6.45) is 0. The van der Waals surface area contributed by atoms with Crippen LogP contribution in [0.4, 0.5) is 0 Å². The molecule has 0 atom stereocenters. The van der Waals surface area contributed by atoms with Gasteiger partial charge in [0.25, 0.3) is 0 Å². The van der Waals surface area contributed by atoms with Crippen LogP contribution >= 0.6 is 0 Å². The lowest BCUT2D eigenvalue weighted by Crippen LogP contribution is -2.37. The van der Waals surface area contributed by atoms with E-state index in [2.05, 4.69) is 51.0 Å². The second kappa shape index (κ2) is 9.11. The van der Waals surface area contributed by atoms with E-state index in [-0.39, 0.29) is 5.41 Å². The van der Waals surface area contributed by atoms with Crippen molar-refractivity contribution >= 4 is 5.96 Å². The van der Waals surface area contributed by atoms with Gasteiger partial charge in [-0.1, -0.05) is 44.1 Å². The summed E-state index contributed by atoms with van der Waals surface area (Å²) in [5, 5.41) is 15.2. The molecule has 160 valence electrons. The molecule has 3 aromatic rings. The molecule has 0 amide bonds. The van der Waals surface area contributed by atoms with Crippen molar-refractivity contribution in [3.05, 3.63) is 59.0 Å². The van der Waals surface area contributed by atoms with Gasteiger partial charge in [0.15, 0.2) is 11.8 Å². The first-order valence-corrected chi connectivity index (χ1v) is 10.2. The summed E-state index contributed by atoms with van der Waals surface area (Å²) < 4.78 is 7.32. The van der Waals surface area contributed by atoms with Crippen LogP contribution in [-0.4, -0.2) is 32.4 Å². The van der Waals surface area contributed by atoms with Crippen molar-refractivity contribution in [1.29, 1.82) is 0 Å². The smallest absolute Gasteiger partial charge is 0.232 e. The van der Waals surface area contributed by atoms with Crippen LogP contribution in [0.1, 0.15) is 56.4 Å². The fraction of sp³-hybridized carbons (Fsp3) is 0.455. The van der Waals surface area contributed by atoms with Crippen LogP contribution in [0, 0.1) is 13.8 Å². The number of para-hydroxylation sites is 1. The number of rotatable bonds is 6. The first-order valence-electron chi connectivity index (χ1n) is 10.2. The number of nitrogens with zero attached hydrogens (tertiary/aromatic N) is 5. The average molecular weight is 410 g/mol. The third-order valence-electron chi connectivity index (χ3n) is 4.50. The molecule has 3 rings (SSSR count). The average Bonchev–Trinajstić information content (AvgIpc) is 3.30. The lowest BCUT2D eigenvalue weighted by molar-refractivity contribution is 0.318. The van der Waals surface area contributed by atoms with Crippen molar-refractivity contribution in [2.45, 2.75) is 60.0 Å². The van der Waals surface area contributed by atoms with Crippen molar-refractivity contribution in [2.24, 2.45) is 4.99 Å². The number of hydrogen-bond acceptors (Lipinski definition) is 5. The summed E-state index contributed by atoms with van der Waals surface area (Å²) in [5.74, 6) is 1.93. The van der Waals surface area contributed by atoms with Gasteiger partial charge in [0.05, 0.1) is 24.5 Å². The first-order chi connectivity index (χ1) is 14.3. The van der Waals surface area contributed by atoms with Gasteiger partial charge in [0.2, 0.25) is 5.89 Å². The molecule has 0 spiro atoms. The number of aliphatic imine (C=N–C) groups is 1. The number of guanidine groups is 1. The van der Waals surface area contributed by atoms with E-state index in [1.54, 1.807) is 0 Å². The maximum atomic E-state index is 5.36. The lowest BCUT2D eigenvalue weighted by Gasteiger charge is -2.12. The Morgan fingerprint density at radius 1 is 1.17 bits per heavy atom. The van der Waals surface area contributed by atoms with Gasteiger partial charge in [-0.25, -0.2) is 9.67 Å². The van der Waals surface area contributed by atoms with E-state index in [1.165, 1.54) is 0 Å². The van der Waals surface area contributed by atoms with E-state index >= 15 is 0 Å². The van der Waals surface area contributed by atoms with Gasteiger partial charge in [0, 0.05) is 17.7 Å². The van der Waals surface area contributed by atoms with E-state index in [0.29, 0.717) is 30.8 Å². The monoisotopic (exact) mass is 409 g/mol. The highest BCUT2D eigenvalue weighted by Crippen LogP contribution is 2.20. The van der Waals surface area contributed by atoms with E-state index in [9.17, 15) is 0 Å². The van der Waals surface area contributed by atoms with Gasteiger partial charge in [-0.05, 0) is 38.5 Å². The van der Waals surface area contributed by atoms with Crippen molar-refractivity contribution in [3.63, 3.8) is 0 Å². The van der Waals surface area contributed by atoms with Gasteiger partial charge in [-0.3, -0.25) is 0 Å². The molecule has 0 fully saturated rings. The highest BCUT2D eigenvalue weighted by Gasteiger charge is 2.21. The summed E-state index contributed by atoms with van der Waals surface area (Å²) >= 11 is 0. The maximum absolute atomic E-state index is 5.36. The minimum absolute atomic E-state index is 0.170. The molecule has 1 aromatic carbocycles. The molecule has 8 heteroatoms. The van der Waals surface area contributed by atoms with Crippen LogP contribution in [0.15, 0.2) is 39.8 Å². The third-order valence-corrected chi connectivity index (χ3v) is 4.50. The van der Waals surface area contributed by atoms with E-state index in [4.69, 9.17) is 9.52 Å². The fourth-order valence-electron chi connectivity index (χ4n) is 3.02. The molecule has 0 bridgehead atoms. The van der Waals surface area contributed by atoms with Gasteiger partial charge >= 0.3 is 0 Å². The van der Waals surface area contributed by atoms with Crippen LogP contribution < -0.4 is 10.6 Å². The SMILES string of the molecule is CCNC(=NCc1ccccc1-n1nc(C)cc1C)NCc1noc(C(C)(C)C)n1. The quantitative estimate of drug-likeness (QED) is 0.479. The largest absolute Gasteiger partial charge is 0.357 e. The Hall–Kier alpha value is -3.16. The van der Waals surface area contributed by atoms with Crippen LogP contribution in [0.3, 0.4) is 0 Å². The highest BCUT2D eigenvalue weighted by atomic mass is 16.5. The Morgan fingerprint density at radius 3 is 2.57 bits per heavy atom.